The number of ether oxygens (including phenoxy) is 1. The molecule has 1 atom stereocenters. The van der Waals surface area contributed by atoms with Gasteiger partial charge in [0.05, 0.1) is 31.7 Å². The van der Waals surface area contributed by atoms with E-state index in [2.05, 4.69) is 0 Å². The minimum absolute atomic E-state index is 0. The Labute approximate surface area is 448 Å². The number of carbonyl (C=O) groups is 1. The standard InChI is InChI=1S/C41H52N2O15S4.3Na/c1-39(2,3)37-21-27(31-23-30-28(26-61(52,53)54)25-40(4,5)43(18-10-20-60(49,50)51)34(30)24-35(31)58-37)11-7-12-36-41(6,16-8-13-38(44)45)32-22-29(62(55,56)57)14-15-33(32)42(36)17-9-19-59(46,47)48;;;/h7,11-12,14-15,21-25H,8-10,13,16-20,26H2,1-6H3,(H4-,44,45,46,47,48,49,50,51,52,53,54,55,56,57);;;/q;3*+1/p-2. The zero-order chi connectivity index (χ0) is 46.4. The molecule has 0 bridgehead atoms. The number of anilines is 1. The van der Waals surface area contributed by atoms with Crippen molar-refractivity contribution in [1.82, 2.24) is 0 Å². The minimum Gasteiger partial charge on any atom is -0.748 e. The molecule has 17 nitrogen and oxygen atoms in total. The van der Waals surface area contributed by atoms with Gasteiger partial charge in [0.25, 0.3) is 20.2 Å². The van der Waals surface area contributed by atoms with E-state index in [9.17, 15) is 61.8 Å². The van der Waals surface area contributed by atoms with Gasteiger partial charge in [0.1, 0.15) is 33.9 Å². The van der Waals surface area contributed by atoms with E-state index in [0.717, 1.165) is 6.07 Å². The summed E-state index contributed by atoms with van der Waals surface area (Å²) in [5, 5.41) is 11.5. The van der Waals surface area contributed by atoms with Gasteiger partial charge < -0.3 is 28.6 Å². The third-order valence-corrected chi connectivity index (χ3v) is 14.1. The second-order valence-electron chi connectivity index (χ2n) is 17.4. The van der Waals surface area contributed by atoms with Crippen LogP contribution in [0.3, 0.4) is 0 Å². The van der Waals surface area contributed by atoms with Crippen LogP contribution in [-0.2, 0) is 50.7 Å². The van der Waals surface area contributed by atoms with Gasteiger partial charge in [-0.1, -0.05) is 39.0 Å². The number of carboxylic acid groups (broad SMARTS) is 1. The molecule has 0 aliphatic carbocycles. The number of carbonyl (C=O) groups excluding carboxylic acids is 1. The van der Waals surface area contributed by atoms with E-state index in [4.69, 9.17) is 4.74 Å². The Kier molecular flexibility index (Phi) is 20.5. The van der Waals surface area contributed by atoms with Crippen molar-refractivity contribution >= 4 is 74.7 Å². The van der Waals surface area contributed by atoms with Crippen molar-refractivity contribution in [2.24, 2.45) is 5.41 Å². The number of allylic oxidation sites excluding steroid dienone is 6. The van der Waals surface area contributed by atoms with E-state index in [-0.39, 0.29) is 139 Å². The van der Waals surface area contributed by atoms with E-state index in [0.29, 0.717) is 50.9 Å². The maximum atomic E-state index is 12.3. The Morgan fingerprint density at radius 1 is 0.877 bits per heavy atom. The fourth-order valence-corrected chi connectivity index (χ4v) is 10.3. The molecule has 24 heteroatoms. The summed E-state index contributed by atoms with van der Waals surface area (Å²) in [5.41, 5.74) is 0.895. The molecule has 3 heterocycles. The summed E-state index contributed by atoms with van der Waals surface area (Å²) < 4.78 is 147. The van der Waals surface area contributed by atoms with Crippen molar-refractivity contribution in [2.45, 2.75) is 89.5 Å². The van der Waals surface area contributed by atoms with E-state index in [1.54, 1.807) is 67.9 Å². The first-order chi connectivity index (χ1) is 28.3. The molecule has 3 aliphatic rings. The predicted octanol–water partition coefficient (Wildman–Crippen LogP) is -5.08. The molecule has 0 fully saturated rings. The van der Waals surface area contributed by atoms with Gasteiger partial charge in [-0.05, 0) is 81.9 Å². The molecule has 2 aromatic rings. The first-order valence-corrected chi connectivity index (χ1v) is 25.8. The van der Waals surface area contributed by atoms with Crippen LogP contribution in [0.15, 0.2) is 71.4 Å². The number of hydrogen-bond donors (Lipinski definition) is 2. The average molecular weight is 1010 g/mol. The number of hydrogen-bond acceptors (Lipinski definition) is 14. The van der Waals surface area contributed by atoms with Crippen LogP contribution in [0, 0.1) is 5.41 Å². The van der Waals surface area contributed by atoms with Crippen molar-refractivity contribution in [2.75, 3.05) is 35.2 Å². The van der Waals surface area contributed by atoms with Gasteiger partial charge in [-0.2, -0.15) is 21.4 Å². The van der Waals surface area contributed by atoms with Crippen LogP contribution in [0.5, 0.6) is 5.75 Å². The third kappa shape index (κ3) is 15.4. The van der Waals surface area contributed by atoms with Gasteiger partial charge in [-0.25, -0.2) is 16.8 Å². The predicted molar refractivity (Wildman–Crippen MR) is 228 cm³/mol. The molecule has 340 valence electrons. The molecule has 2 aromatic carbocycles. The largest absolute Gasteiger partial charge is 1.00 e. The molecule has 65 heavy (non-hydrogen) atoms. The molecule has 0 aromatic heterocycles. The zero-order valence-electron chi connectivity index (χ0n) is 38.1. The van der Waals surface area contributed by atoms with Crippen LogP contribution in [0.25, 0.3) is 11.1 Å². The molecule has 0 amide bonds. The summed E-state index contributed by atoms with van der Waals surface area (Å²) in [7, 11) is -18.4. The van der Waals surface area contributed by atoms with Gasteiger partial charge in [-0.3, -0.25) is 9.11 Å². The monoisotopic (exact) mass is 1010 g/mol. The normalized spacial score (nSPS) is 18.9. The van der Waals surface area contributed by atoms with Gasteiger partial charge in [-0.15, -0.1) is 0 Å². The van der Waals surface area contributed by atoms with Crippen molar-refractivity contribution in [3.8, 4) is 5.75 Å². The number of benzene rings is 2. The van der Waals surface area contributed by atoms with Crippen LogP contribution >= 0.6 is 0 Å². The van der Waals surface area contributed by atoms with Gasteiger partial charge in [0.15, 0.2) is 5.71 Å². The summed E-state index contributed by atoms with van der Waals surface area (Å²) >= 11 is 0. The van der Waals surface area contributed by atoms with E-state index in [1.807, 2.05) is 25.7 Å². The van der Waals surface area contributed by atoms with Crippen LogP contribution in [0.2, 0.25) is 0 Å². The molecule has 1 unspecified atom stereocenters. The summed E-state index contributed by atoms with van der Waals surface area (Å²) in [6.07, 6.45) is 8.29. The third-order valence-electron chi connectivity index (χ3n) is 11.0. The van der Waals surface area contributed by atoms with E-state index >= 15 is 0 Å². The number of nitrogens with zero attached hydrogens (tertiary/aromatic N) is 2. The average Bonchev–Trinajstić information content (AvgIpc) is 3.32. The van der Waals surface area contributed by atoms with E-state index in [1.165, 1.54) is 12.1 Å². The molecule has 0 saturated carbocycles. The van der Waals surface area contributed by atoms with Crippen LogP contribution in [-0.4, -0.2) is 104 Å². The fraction of sp³-hybridized carbons (Fsp3) is 0.463. The summed E-state index contributed by atoms with van der Waals surface area (Å²) in [4.78, 5) is 12.8. The molecule has 5 rings (SSSR count). The molecule has 0 spiro atoms. The molecular weight excluding hydrogens is 958 g/mol. The first-order valence-electron chi connectivity index (χ1n) is 19.5. The SMILES string of the molecule is CC(C)(C)C1=CC(=CC=CC2=[N+](CCCS(=O)(=O)[O-])c3ccc(S(=O)(=O)[O-])cc3C2(C)CCCC(=O)[O-])c2cc3c(cc2O1)N(CCCS(=O)(=O)O)C(C)(C)C=C3CS(=O)(=O)O.[Na+].[Na+].[Na+]. The smallest absolute Gasteiger partial charge is 0.748 e. The summed E-state index contributed by atoms with van der Waals surface area (Å²) in [6.45, 7) is 11.2. The Bertz CT molecular complexity index is 2790. The Morgan fingerprint density at radius 2 is 1.52 bits per heavy atom. The fourth-order valence-electron chi connectivity index (χ4n) is 8.18. The Balaban J connectivity index is 0.00000484. The van der Waals surface area contributed by atoms with E-state index < -0.39 is 85.0 Å². The number of carboxylic acids is 1. The second kappa shape index (κ2) is 22.2. The maximum absolute atomic E-state index is 12.3. The quantitative estimate of drug-likeness (QED) is 0.0852. The summed E-state index contributed by atoms with van der Waals surface area (Å²) in [6, 6.07) is 7.15. The zero-order valence-corrected chi connectivity index (χ0v) is 47.3. The first kappa shape index (κ1) is 59.9. The number of aliphatic carboxylic acids is 1. The Morgan fingerprint density at radius 3 is 2.08 bits per heavy atom. The molecule has 0 radical (unpaired) electrons. The minimum atomic E-state index is -4.94. The van der Waals surface area contributed by atoms with Gasteiger partial charge in [0, 0.05) is 70.7 Å². The van der Waals surface area contributed by atoms with Crippen LogP contribution in [0.1, 0.15) is 90.3 Å². The van der Waals surface area contributed by atoms with Crippen molar-refractivity contribution in [1.29, 1.82) is 0 Å². The molecule has 3 aliphatic heterocycles. The van der Waals surface area contributed by atoms with Crippen LogP contribution < -0.4 is 103 Å². The number of fused-ring (bicyclic) bond motifs is 3. The van der Waals surface area contributed by atoms with Crippen molar-refractivity contribution in [3.05, 3.63) is 83.2 Å². The Hall–Kier alpha value is -1.22. The number of rotatable bonds is 17. The molecule has 0 saturated heterocycles. The van der Waals surface area contributed by atoms with Crippen molar-refractivity contribution in [3.63, 3.8) is 0 Å². The molecule has 2 N–H and O–H groups in total. The van der Waals surface area contributed by atoms with Crippen molar-refractivity contribution < 1.29 is 160 Å². The topological polar surface area (TPSA) is 279 Å². The van der Waals surface area contributed by atoms with Gasteiger partial charge in [0.2, 0.25) is 5.69 Å². The van der Waals surface area contributed by atoms with Gasteiger partial charge >= 0.3 is 88.7 Å². The second-order valence-corrected chi connectivity index (χ2v) is 23.3. The van der Waals surface area contributed by atoms with Crippen LogP contribution in [0.4, 0.5) is 11.4 Å². The molecular formula is C41H50N2Na3O15S4+. The summed E-state index contributed by atoms with van der Waals surface area (Å²) in [5.74, 6) is -2.40. The maximum Gasteiger partial charge on any atom is 1.00 e.